The summed E-state index contributed by atoms with van der Waals surface area (Å²) in [5, 5.41) is 18.9. The normalized spacial score (nSPS) is 14.7. The van der Waals surface area contributed by atoms with E-state index in [0.717, 1.165) is 0 Å². The zero-order chi connectivity index (χ0) is 11.4. The molecule has 2 atom stereocenters. The number of aliphatic hydroxyl groups is 2. The summed E-state index contributed by atoms with van der Waals surface area (Å²) < 4.78 is 4.89. The van der Waals surface area contributed by atoms with Crippen LogP contribution in [0.2, 0.25) is 0 Å². The summed E-state index contributed by atoms with van der Waals surface area (Å²) in [6.45, 7) is -0.0461. The van der Waals surface area contributed by atoms with Gasteiger partial charge in [-0.2, -0.15) is 0 Å². The van der Waals surface area contributed by atoms with Crippen molar-refractivity contribution in [1.29, 1.82) is 0 Å². The van der Waals surface area contributed by atoms with Crippen LogP contribution in [0.1, 0.15) is 11.8 Å². The standard InChI is InChI=1S/C9H15N3O3/c1-15-9-5(11)2-3-6(12-9)8(14)7(13)4-10/h2-3,7-8,13-14H,4,10-11H2,1H3. The van der Waals surface area contributed by atoms with Crippen LogP contribution >= 0.6 is 0 Å². The highest BCUT2D eigenvalue weighted by Crippen LogP contribution is 2.22. The number of nitrogen functional groups attached to an aromatic ring is 1. The summed E-state index contributed by atoms with van der Waals surface area (Å²) in [5.41, 5.74) is 11.4. The molecule has 0 saturated carbocycles. The maximum absolute atomic E-state index is 9.61. The maximum Gasteiger partial charge on any atom is 0.237 e. The van der Waals surface area contributed by atoms with Crippen LogP contribution in [0.15, 0.2) is 12.1 Å². The first kappa shape index (κ1) is 11.7. The number of hydrogen-bond acceptors (Lipinski definition) is 6. The van der Waals surface area contributed by atoms with Crippen molar-refractivity contribution in [3.63, 3.8) is 0 Å². The molecule has 6 nitrogen and oxygen atoms in total. The molecular weight excluding hydrogens is 198 g/mol. The van der Waals surface area contributed by atoms with Crippen LogP contribution in [0.4, 0.5) is 5.69 Å². The Morgan fingerprint density at radius 2 is 2.13 bits per heavy atom. The van der Waals surface area contributed by atoms with Gasteiger partial charge in [-0.3, -0.25) is 0 Å². The minimum atomic E-state index is -1.13. The summed E-state index contributed by atoms with van der Waals surface area (Å²) in [6.07, 6.45) is -2.18. The minimum Gasteiger partial charge on any atom is -0.480 e. The Balaban J connectivity index is 2.95. The van der Waals surface area contributed by atoms with Gasteiger partial charge in [-0.15, -0.1) is 0 Å². The van der Waals surface area contributed by atoms with E-state index in [1.54, 1.807) is 6.07 Å². The molecule has 6 heteroatoms. The summed E-state index contributed by atoms with van der Waals surface area (Å²) in [6, 6.07) is 3.06. The first-order valence-electron chi connectivity index (χ1n) is 4.46. The molecule has 6 N–H and O–H groups in total. The van der Waals surface area contributed by atoms with Gasteiger partial charge in [-0.25, -0.2) is 4.98 Å². The number of rotatable bonds is 4. The third kappa shape index (κ3) is 2.56. The molecule has 0 aliphatic rings. The Labute approximate surface area is 87.5 Å². The van der Waals surface area contributed by atoms with Crippen molar-refractivity contribution in [2.75, 3.05) is 19.4 Å². The highest BCUT2D eigenvalue weighted by molar-refractivity contribution is 5.48. The molecule has 0 aliphatic carbocycles. The summed E-state index contributed by atoms with van der Waals surface area (Å²) in [5.74, 6) is 0.218. The van der Waals surface area contributed by atoms with Crippen LogP contribution in [0.3, 0.4) is 0 Å². The lowest BCUT2D eigenvalue weighted by Gasteiger charge is -2.16. The first-order valence-corrected chi connectivity index (χ1v) is 4.46. The van der Waals surface area contributed by atoms with Gasteiger partial charge in [-0.1, -0.05) is 0 Å². The molecule has 0 bridgehead atoms. The zero-order valence-electron chi connectivity index (χ0n) is 8.42. The Hall–Kier alpha value is -1.37. The van der Waals surface area contributed by atoms with Gasteiger partial charge in [0, 0.05) is 6.54 Å². The quantitative estimate of drug-likeness (QED) is 0.511. The molecule has 1 aromatic rings. The van der Waals surface area contributed by atoms with Crippen LogP contribution < -0.4 is 16.2 Å². The number of aliphatic hydroxyl groups excluding tert-OH is 2. The van der Waals surface area contributed by atoms with E-state index in [-0.39, 0.29) is 18.1 Å². The van der Waals surface area contributed by atoms with Gasteiger partial charge in [0.25, 0.3) is 0 Å². The second kappa shape index (κ2) is 4.92. The Kier molecular flexibility index (Phi) is 3.84. The monoisotopic (exact) mass is 213 g/mol. The van der Waals surface area contributed by atoms with Gasteiger partial charge in [0.15, 0.2) is 0 Å². The Morgan fingerprint density at radius 3 is 2.67 bits per heavy atom. The summed E-state index contributed by atoms with van der Waals surface area (Å²) in [4.78, 5) is 3.95. The third-order valence-electron chi connectivity index (χ3n) is 2.01. The van der Waals surface area contributed by atoms with Gasteiger partial charge in [0.2, 0.25) is 5.88 Å². The van der Waals surface area contributed by atoms with Gasteiger partial charge in [-0.05, 0) is 12.1 Å². The first-order chi connectivity index (χ1) is 7.10. The van der Waals surface area contributed by atoms with Crippen molar-refractivity contribution >= 4 is 5.69 Å². The number of methoxy groups -OCH3 is 1. The lowest BCUT2D eigenvalue weighted by molar-refractivity contribution is 0.0214. The van der Waals surface area contributed by atoms with Gasteiger partial charge >= 0.3 is 0 Å². The molecule has 0 spiro atoms. The fourth-order valence-electron chi connectivity index (χ4n) is 1.12. The molecule has 1 rings (SSSR count). The average molecular weight is 213 g/mol. The van der Waals surface area contributed by atoms with E-state index in [2.05, 4.69) is 4.98 Å². The van der Waals surface area contributed by atoms with Crippen molar-refractivity contribution < 1.29 is 14.9 Å². The van der Waals surface area contributed by atoms with Crippen molar-refractivity contribution in [1.82, 2.24) is 4.98 Å². The SMILES string of the molecule is COc1nc(C(O)C(O)CN)ccc1N. The van der Waals surface area contributed by atoms with Crippen LogP contribution in [0.25, 0.3) is 0 Å². The van der Waals surface area contributed by atoms with Crippen molar-refractivity contribution in [2.24, 2.45) is 5.73 Å². The number of pyridine rings is 1. The predicted octanol–water partition coefficient (Wildman–Crippen LogP) is -0.975. The molecule has 0 fully saturated rings. The van der Waals surface area contributed by atoms with Crippen LogP contribution in [0, 0.1) is 0 Å². The highest BCUT2D eigenvalue weighted by atomic mass is 16.5. The second-order valence-corrected chi connectivity index (χ2v) is 3.08. The predicted molar refractivity (Wildman–Crippen MR) is 55.2 cm³/mol. The van der Waals surface area contributed by atoms with Gasteiger partial charge in [0.1, 0.15) is 6.10 Å². The molecule has 1 aromatic heterocycles. The van der Waals surface area contributed by atoms with Crippen LogP contribution in [0.5, 0.6) is 5.88 Å². The third-order valence-corrected chi connectivity index (χ3v) is 2.01. The van der Waals surface area contributed by atoms with Gasteiger partial charge in [0.05, 0.1) is 24.6 Å². The molecule has 0 aromatic carbocycles. The molecule has 1 heterocycles. The van der Waals surface area contributed by atoms with E-state index >= 15 is 0 Å². The number of anilines is 1. The van der Waals surface area contributed by atoms with Crippen LogP contribution in [-0.4, -0.2) is 35.0 Å². The Bertz CT molecular complexity index is 332. The molecule has 15 heavy (non-hydrogen) atoms. The molecule has 0 amide bonds. The number of hydrogen-bond donors (Lipinski definition) is 4. The smallest absolute Gasteiger partial charge is 0.237 e. The topological polar surface area (TPSA) is 115 Å². The van der Waals surface area contributed by atoms with E-state index < -0.39 is 12.2 Å². The average Bonchev–Trinajstić information content (AvgIpc) is 2.27. The summed E-state index contributed by atoms with van der Waals surface area (Å²) >= 11 is 0. The minimum absolute atomic E-state index is 0.0461. The molecule has 2 unspecified atom stereocenters. The number of aromatic nitrogens is 1. The lowest BCUT2D eigenvalue weighted by Crippen LogP contribution is -2.27. The van der Waals surface area contributed by atoms with E-state index in [1.807, 2.05) is 0 Å². The molecule has 84 valence electrons. The molecule has 0 aliphatic heterocycles. The molecule has 0 saturated heterocycles. The fourth-order valence-corrected chi connectivity index (χ4v) is 1.12. The summed E-state index contributed by atoms with van der Waals surface area (Å²) in [7, 11) is 1.42. The van der Waals surface area contributed by atoms with Gasteiger partial charge < -0.3 is 26.4 Å². The largest absolute Gasteiger partial charge is 0.480 e. The van der Waals surface area contributed by atoms with Crippen molar-refractivity contribution in [2.45, 2.75) is 12.2 Å². The molecule has 0 radical (unpaired) electrons. The number of ether oxygens (including phenoxy) is 1. The number of nitrogens with two attached hydrogens (primary N) is 2. The van der Waals surface area contributed by atoms with Crippen molar-refractivity contribution in [3.8, 4) is 5.88 Å². The lowest BCUT2D eigenvalue weighted by atomic mass is 10.1. The highest BCUT2D eigenvalue weighted by Gasteiger charge is 2.19. The van der Waals surface area contributed by atoms with E-state index in [1.165, 1.54) is 13.2 Å². The zero-order valence-corrected chi connectivity index (χ0v) is 8.42. The number of nitrogens with zero attached hydrogens (tertiary/aromatic N) is 1. The van der Waals surface area contributed by atoms with E-state index in [9.17, 15) is 10.2 Å². The molecular formula is C9H15N3O3. The van der Waals surface area contributed by atoms with Crippen LogP contribution in [-0.2, 0) is 0 Å². The van der Waals surface area contributed by atoms with Crippen molar-refractivity contribution in [3.05, 3.63) is 17.8 Å². The van der Waals surface area contributed by atoms with E-state index in [0.29, 0.717) is 5.69 Å². The fraction of sp³-hybridized carbons (Fsp3) is 0.444. The maximum atomic E-state index is 9.61. The second-order valence-electron chi connectivity index (χ2n) is 3.08. The van der Waals surface area contributed by atoms with E-state index in [4.69, 9.17) is 16.2 Å². The Morgan fingerprint density at radius 1 is 1.47 bits per heavy atom.